The van der Waals surface area contributed by atoms with E-state index in [-0.39, 0.29) is 11.8 Å². The van der Waals surface area contributed by atoms with Crippen LogP contribution >= 0.6 is 11.6 Å². The van der Waals surface area contributed by atoms with E-state index in [4.69, 9.17) is 22.6 Å². The molecule has 94 valence electrons. The molecule has 1 aliphatic heterocycles. The molecule has 6 heteroatoms. The van der Waals surface area contributed by atoms with Gasteiger partial charge in [-0.2, -0.15) is 5.26 Å². The molecule has 2 N–H and O–H groups in total. The van der Waals surface area contributed by atoms with E-state index in [1.807, 2.05) is 11.0 Å². The zero-order valence-corrected chi connectivity index (χ0v) is 10.5. The Kier molecular flexibility index (Phi) is 3.68. The molecule has 1 aromatic heterocycles. The van der Waals surface area contributed by atoms with Crippen molar-refractivity contribution in [1.29, 1.82) is 5.26 Å². The lowest BCUT2D eigenvalue weighted by Crippen LogP contribution is -2.38. The second kappa shape index (κ2) is 5.23. The van der Waals surface area contributed by atoms with Crippen molar-refractivity contribution in [2.45, 2.75) is 12.8 Å². The highest BCUT2D eigenvalue weighted by Crippen LogP contribution is 2.24. The predicted octanol–water partition coefficient (Wildman–Crippen LogP) is 1.31. The molecule has 0 atom stereocenters. The van der Waals surface area contributed by atoms with Crippen molar-refractivity contribution in [3.05, 3.63) is 22.8 Å². The van der Waals surface area contributed by atoms with Crippen LogP contribution in [0.15, 0.2) is 12.1 Å². The summed E-state index contributed by atoms with van der Waals surface area (Å²) in [7, 11) is 0. The molecule has 0 unspecified atom stereocenters. The van der Waals surface area contributed by atoms with E-state index in [1.165, 1.54) is 6.07 Å². The van der Waals surface area contributed by atoms with Crippen LogP contribution in [0.3, 0.4) is 0 Å². The summed E-state index contributed by atoms with van der Waals surface area (Å²) in [6.07, 6.45) is 1.43. The second-order valence-corrected chi connectivity index (χ2v) is 4.70. The normalized spacial score (nSPS) is 16.3. The fourth-order valence-corrected chi connectivity index (χ4v) is 2.31. The first-order valence-corrected chi connectivity index (χ1v) is 6.10. The first-order chi connectivity index (χ1) is 8.60. The minimum absolute atomic E-state index is 0.0594. The lowest BCUT2D eigenvalue weighted by Gasteiger charge is -2.31. The van der Waals surface area contributed by atoms with Crippen molar-refractivity contribution in [3.63, 3.8) is 0 Å². The van der Waals surface area contributed by atoms with Gasteiger partial charge in [-0.15, -0.1) is 0 Å². The van der Waals surface area contributed by atoms with Crippen LogP contribution in [0.2, 0.25) is 5.15 Å². The lowest BCUT2D eigenvalue weighted by atomic mass is 9.96. The second-order valence-electron chi connectivity index (χ2n) is 4.31. The molecule has 1 amide bonds. The monoisotopic (exact) mass is 264 g/mol. The molecule has 1 aromatic rings. The van der Waals surface area contributed by atoms with Gasteiger partial charge in [-0.25, -0.2) is 4.98 Å². The fourth-order valence-electron chi connectivity index (χ4n) is 2.10. The highest BCUT2D eigenvalue weighted by molar-refractivity contribution is 6.29. The zero-order chi connectivity index (χ0) is 13.1. The lowest BCUT2D eigenvalue weighted by molar-refractivity contribution is -0.122. The maximum Gasteiger partial charge on any atom is 0.220 e. The molecule has 1 aliphatic rings. The van der Waals surface area contributed by atoms with Gasteiger partial charge in [0.1, 0.15) is 11.0 Å². The van der Waals surface area contributed by atoms with E-state index < -0.39 is 0 Å². The van der Waals surface area contributed by atoms with E-state index in [9.17, 15) is 4.79 Å². The number of hydrogen-bond donors (Lipinski definition) is 1. The van der Waals surface area contributed by atoms with E-state index in [0.717, 1.165) is 0 Å². The van der Waals surface area contributed by atoms with Crippen LogP contribution in [0.1, 0.15) is 18.4 Å². The average molecular weight is 265 g/mol. The molecule has 1 saturated heterocycles. The summed E-state index contributed by atoms with van der Waals surface area (Å²) in [5.74, 6) is 0.379. The van der Waals surface area contributed by atoms with Gasteiger partial charge in [-0.1, -0.05) is 11.6 Å². The quantitative estimate of drug-likeness (QED) is 0.817. The number of piperidine rings is 1. The largest absolute Gasteiger partial charge is 0.369 e. The Hall–Kier alpha value is -1.80. The van der Waals surface area contributed by atoms with Crippen LogP contribution in [-0.2, 0) is 4.79 Å². The molecule has 5 nitrogen and oxygen atoms in total. The molecule has 0 saturated carbocycles. The van der Waals surface area contributed by atoms with Gasteiger partial charge in [-0.05, 0) is 25.0 Å². The van der Waals surface area contributed by atoms with Crippen LogP contribution in [-0.4, -0.2) is 24.0 Å². The molecule has 2 heterocycles. The highest BCUT2D eigenvalue weighted by Gasteiger charge is 2.24. The third kappa shape index (κ3) is 2.71. The number of nitrogens with two attached hydrogens (primary N) is 1. The molecule has 0 aromatic carbocycles. The van der Waals surface area contributed by atoms with Crippen molar-refractivity contribution < 1.29 is 4.79 Å². The molecule has 0 aliphatic carbocycles. The number of rotatable bonds is 2. The summed E-state index contributed by atoms with van der Waals surface area (Å²) in [6.45, 7) is 1.40. The van der Waals surface area contributed by atoms with E-state index in [0.29, 0.717) is 42.5 Å². The molecule has 18 heavy (non-hydrogen) atoms. The summed E-state index contributed by atoms with van der Waals surface area (Å²) in [6, 6.07) is 5.28. The van der Waals surface area contributed by atoms with E-state index in [2.05, 4.69) is 4.98 Å². The Morgan fingerprint density at radius 3 is 2.72 bits per heavy atom. The zero-order valence-electron chi connectivity index (χ0n) is 9.77. The smallest absolute Gasteiger partial charge is 0.220 e. The number of carbonyl (C=O) groups excluding carboxylic acids is 1. The summed E-state index contributed by atoms with van der Waals surface area (Å²) in [5.41, 5.74) is 5.77. The summed E-state index contributed by atoms with van der Waals surface area (Å²) < 4.78 is 0. The number of aromatic nitrogens is 1. The predicted molar refractivity (Wildman–Crippen MR) is 68.1 cm³/mol. The maximum absolute atomic E-state index is 11.1. The standard InChI is InChI=1S/C12H13ClN4O/c13-10-5-8(7-14)6-11(16-10)17-3-1-9(2-4-17)12(15)18/h5-6,9H,1-4H2,(H2,15,18). The van der Waals surface area contributed by atoms with Crippen molar-refractivity contribution >= 4 is 23.3 Å². The van der Waals surface area contributed by atoms with Crippen LogP contribution in [0.25, 0.3) is 0 Å². The molecule has 2 rings (SSSR count). The third-order valence-electron chi connectivity index (χ3n) is 3.13. The number of nitriles is 1. The molecular formula is C12H13ClN4O. The van der Waals surface area contributed by atoms with Gasteiger partial charge in [0.25, 0.3) is 0 Å². The minimum Gasteiger partial charge on any atom is -0.369 e. The van der Waals surface area contributed by atoms with Gasteiger partial charge < -0.3 is 10.6 Å². The van der Waals surface area contributed by atoms with Crippen LogP contribution < -0.4 is 10.6 Å². The summed E-state index contributed by atoms with van der Waals surface area (Å²) in [4.78, 5) is 17.3. The molecular weight excluding hydrogens is 252 g/mol. The Bertz CT molecular complexity index is 503. The number of hydrogen-bond acceptors (Lipinski definition) is 4. The Morgan fingerprint density at radius 2 is 2.17 bits per heavy atom. The molecule has 0 spiro atoms. The van der Waals surface area contributed by atoms with Crippen molar-refractivity contribution in [3.8, 4) is 6.07 Å². The first-order valence-electron chi connectivity index (χ1n) is 5.72. The third-order valence-corrected chi connectivity index (χ3v) is 3.32. The maximum atomic E-state index is 11.1. The molecule has 0 radical (unpaired) electrons. The van der Waals surface area contributed by atoms with Gasteiger partial charge in [0.05, 0.1) is 11.6 Å². The van der Waals surface area contributed by atoms with Gasteiger partial charge in [0.15, 0.2) is 0 Å². The Labute approximate surface area is 110 Å². The van der Waals surface area contributed by atoms with Crippen LogP contribution in [0.4, 0.5) is 5.82 Å². The van der Waals surface area contributed by atoms with E-state index >= 15 is 0 Å². The summed E-state index contributed by atoms with van der Waals surface area (Å²) in [5, 5.41) is 9.19. The molecule has 1 fully saturated rings. The fraction of sp³-hybridized carbons (Fsp3) is 0.417. The number of pyridine rings is 1. The number of anilines is 1. The number of halogens is 1. The average Bonchev–Trinajstić information content (AvgIpc) is 2.38. The Morgan fingerprint density at radius 1 is 1.50 bits per heavy atom. The van der Waals surface area contributed by atoms with Crippen LogP contribution in [0.5, 0.6) is 0 Å². The Balaban J connectivity index is 2.12. The first kappa shape index (κ1) is 12.7. The van der Waals surface area contributed by atoms with Crippen molar-refractivity contribution in [2.75, 3.05) is 18.0 Å². The van der Waals surface area contributed by atoms with Gasteiger partial charge in [-0.3, -0.25) is 4.79 Å². The summed E-state index contributed by atoms with van der Waals surface area (Å²) >= 11 is 5.86. The van der Waals surface area contributed by atoms with E-state index in [1.54, 1.807) is 6.07 Å². The van der Waals surface area contributed by atoms with Crippen molar-refractivity contribution in [2.24, 2.45) is 11.7 Å². The van der Waals surface area contributed by atoms with Gasteiger partial charge in [0, 0.05) is 19.0 Å². The molecule has 0 bridgehead atoms. The van der Waals surface area contributed by atoms with Gasteiger partial charge in [0.2, 0.25) is 5.91 Å². The van der Waals surface area contributed by atoms with Crippen LogP contribution in [0, 0.1) is 17.2 Å². The topological polar surface area (TPSA) is 83.0 Å². The number of primary amides is 1. The number of amides is 1. The van der Waals surface area contributed by atoms with Gasteiger partial charge >= 0.3 is 0 Å². The number of carbonyl (C=O) groups is 1. The number of nitrogens with zero attached hydrogens (tertiary/aromatic N) is 3. The van der Waals surface area contributed by atoms with Crippen molar-refractivity contribution in [1.82, 2.24) is 4.98 Å². The highest BCUT2D eigenvalue weighted by atomic mass is 35.5. The minimum atomic E-state index is -0.244. The SMILES string of the molecule is N#Cc1cc(Cl)nc(N2CCC(C(N)=O)CC2)c1.